The summed E-state index contributed by atoms with van der Waals surface area (Å²) < 4.78 is 71.0. The number of nitrogens with zero attached hydrogens (tertiary/aromatic N) is 1. The van der Waals surface area contributed by atoms with Gasteiger partial charge in [0.05, 0.1) is 17.1 Å². The van der Waals surface area contributed by atoms with Gasteiger partial charge in [0.1, 0.15) is 6.04 Å². The first-order valence-corrected chi connectivity index (χ1v) is 11.8. The number of amides is 1. The van der Waals surface area contributed by atoms with E-state index in [0.29, 0.717) is 19.0 Å². The van der Waals surface area contributed by atoms with E-state index >= 15 is 0 Å². The number of esters is 1. The van der Waals surface area contributed by atoms with Crippen LogP contribution in [0.5, 0.6) is 0 Å². The summed E-state index contributed by atoms with van der Waals surface area (Å²) in [5, 5.41) is 0. The van der Waals surface area contributed by atoms with Crippen molar-refractivity contribution in [3.05, 3.63) is 59.7 Å². The Balaban J connectivity index is 1.77. The minimum Gasteiger partial charge on any atom is -0.464 e. The summed E-state index contributed by atoms with van der Waals surface area (Å²) in [7, 11) is -4.19. The highest BCUT2D eigenvalue weighted by molar-refractivity contribution is 7.92. The van der Waals surface area contributed by atoms with Crippen LogP contribution in [0.2, 0.25) is 0 Å². The lowest BCUT2D eigenvalue weighted by molar-refractivity contribution is -0.149. The number of piperidine rings is 1. The number of hydrogen-bond acceptors (Lipinski definition) is 5. The summed E-state index contributed by atoms with van der Waals surface area (Å²) in [5.74, 6) is -0.905. The van der Waals surface area contributed by atoms with Crippen molar-refractivity contribution in [2.45, 2.75) is 43.3 Å². The number of carbonyl (C=O) groups is 2. The van der Waals surface area contributed by atoms with Gasteiger partial charge in [-0.25, -0.2) is 13.2 Å². The molecule has 0 aromatic heterocycles. The molecule has 7 nitrogen and oxygen atoms in total. The molecule has 1 saturated heterocycles. The fourth-order valence-electron chi connectivity index (χ4n) is 3.57. The Hall–Kier alpha value is -3.08. The lowest BCUT2D eigenvalue weighted by Crippen LogP contribution is -2.48. The Labute approximate surface area is 189 Å². The predicted octanol–water partition coefficient (Wildman–Crippen LogP) is 4.06. The number of sulfonamides is 1. The van der Waals surface area contributed by atoms with Crippen molar-refractivity contribution in [2.24, 2.45) is 0 Å². The van der Waals surface area contributed by atoms with E-state index in [-0.39, 0.29) is 22.8 Å². The summed E-state index contributed by atoms with van der Waals surface area (Å²) in [4.78, 5) is 26.4. The first-order valence-electron chi connectivity index (χ1n) is 10.3. The molecule has 2 aromatic rings. The highest BCUT2D eigenvalue weighted by Crippen LogP contribution is 2.31. The molecule has 11 heteroatoms. The molecule has 1 aliphatic rings. The van der Waals surface area contributed by atoms with Crippen LogP contribution < -0.4 is 4.72 Å². The van der Waals surface area contributed by atoms with Crippen molar-refractivity contribution in [1.29, 1.82) is 0 Å². The maximum absolute atomic E-state index is 12.9. The molecule has 0 bridgehead atoms. The summed E-state index contributed by atoms with van der Waals surface area (Å²) in [6, 6.07) is 8.12. The van der Waals surface area contributed by atoms with E-state index < -0.39 is 39.7 Å². The normalized spacial score (nSPS) is 16.8. The standard InChI is InChI=1S/C22H23F3N2O5S/c1-2-32-21(29)19-8-3-4-13-27(19)20(28)15-9-11-18(12-10-15)33(30,31)26-17-7-5-6-16(14-17)22(23,24)25/h5-7,9-12,14,19,26H,2-4,8,13H2,1H3. The average Bonchev–Trinajstić information content (AvgIpc) is 2.78. The third kappa shape index (κ3) is 5.84. The average molecular weight is 484 g/mol. The molecule has 1 fully saturated rings. The van der Waals surface area contributed by atoms with Gasteiger partial charge in [-0.1, -0.05) is 6.07 Å². The van der Waals surface area contributed by atoms with E-state index in [4.69, 9.17) is 4.74 Å². The van der Waals surface area contributed by atoms with Crippen LogP contribution in [0.25, 0.3) is 0 Å². The molecule has 2 aromatic carbocycles. The Kier molecular flexibility index (Phi) is 7.31. The molecular weight excluding hydrogens is 461 g/mol. The predicted molar refractivity (Wildman–Crippen MR) is 114 cm³/mol. The molecule has 0 radical (unpaired) electrons. The summed E-state index contributed by atoms with van der Waals surface area (Å²) in [6.07, 6.45) is -2.61. The molecule has 1 amide bonds. The van der Waals surface area contributed by atoms with Gasteiger partial charge in [-0.3, -0.25) is 9.52 Å². The second-order valence-electron chi connectivity index (χ2n) is 7.47. The number of halogens is 3. The van der Waals surface area contributed by atoms with Crippen LogP contribution in [0, 0.1) is 0 Å². The van der Waals surface area contributed by atoms with E-state index in [1.54, 1.807) is 6.92 Å². The van der Waals surface area contributed by atoms with Crippen molar-refractivity contribution in [3.8, 4) is 0 Å². The van der Waals surface area contributed by atoms with Crippen LogP contribution in [0.15, 0.2) is 53.4 Å². The SMILES string of the molecule is CCOC(=O)C1CCCCN1C(=O)c1ccc(S(=O)(=O)Nc2cccc(C(F)(F)F)c2)cc1. The van der Waals surface area contributed by atoms with Crippen LogP contribution in [-0.2, 0) is 25.7 Å². The van der Waals surface area contributed by atoms with Gasteiger partial charge < -0.3 is 9.64 Å². The van der Waals surface area contributed by atoms with Crippen molar-refractivity contribution < 1.29 is 35.9 Å². The second-order valence-corrected chi connectivity index (χ2v) is 9.15. The lowest BCUT2D eigenvalue weighted by Gasteiger charge is -2.34. The first-order chi connectivity index (χ1) is 15.5. The van der Waals surface area contributed by atoms with E-state index in [9.17, 15) is 31.2 Å². The summed E-state index contributed by atoms with van der Waals surface area (Å²) in [5.41, 5.74) is -1.04. The molecule has 1 unspecified atom stereocenters. The number of likely N-dealkylation sites (tertiary alicyclic amines) is 1. The van der Waals surface area contributed by atoms with Crippen molar-refractivity contribution in [1.82, 2.24) is 4.90 Å². The van der Waals surface area contributed by atoms with Crippen molar-refractivity contribution in [2.75, 3.05) is 17.9 Å². The fourth-order valence-corrected chi connectivity index (χ4v) is 4.62. The number of anilines is 1. The summed E-state index contributed by atoms with van der Waals surface area (Å²) in [6.45, 7) is 2.25. The molecular formula is C22H23F3N2O5S. The van der Waals surface area contributed by atoms with Gasteiger partial charge in [0, 0.05) is 17.8 Å². The van der Waals surface area contributed by atoms with E-state index in [2.05, 4.69) is 4.72 Å². The number of ether oxygens (including phenoxy) is 1. The molecule has 3 rings (SSSR count). The monoisotopic (exact) mass is 484 g/mol. The maximum atomic E-state index is 12.9. The molecule has 0 aliphatic carbocycles. The highest BCUT2D eigenvalue weighted by atomic mass is 32.2. The largest absolute Gasteiger partial charge is 0.464 e. The van der Waals surface area contributed by atoms with E-state index in [0.717, 1.165) is 25.0 Å². The molecule has 1 aliphatic heterocycles. The number of benzene rings is 2. The minimum absolute atomic E-state index is 0.184. The van der Waals surface area contributed by atoms with Crippen LogP contribution in [-0.4, -0.2) is 44.4 Å². The van der Waals surface area contributed by atoms with Gasteiger partial charge in [0.15, 0.2) is 0 Å². The smallest absolute Gasteiger partial charge is 0.416 e. The Morgan fingerprint density at radius 3 is 2.45 bits per heavy atom. The van der Waals surface area contributed by atoms with Gasteiger partial charge in [-0.05, 0) is 68.7 Å². The number of nitrogens with one attached hydrogen (secondary N) is 1. The number of carbonyl (C=O) groups excluding carboxylic acids is 2. The Morgan fingerprint density at radius 2 is 1.82 bits per heavy atom. The van der Waals surface area contributed by atoms with Crippen LogP contribution in [0.1, 0.15) is 42.1 Å². The lowest BCUT2D eigenvalue weighted by atomic mass is 10.0. The third-order valence-corrected chi connectivity index (χ3v) is 6.57. The van der Waals surface area contributed by atoms with E-state index in [1.807, 2.05) is 0 Å². The number of alkyl halides is 3. The second kappa shape index (κ2) is 9.82. The number of hydrogen-bond donors (Lipinski definition) is 1. The van der Waals surface area contributed by atoms with Gasteiger partial charge >= 0.3 is 12.1 Å². The molecule has 0 saturated carbocycles. The zero-order valence-corrected chi connectivity index (χ0v) is 18.6. The van der Waals surface area contributed by atoms with Gasteiger partial charge in [0.2, 0.25) is 0 Å². The van der Waals surface area contributed by atoms with Gasteiger partial charge in [-0.2, -0.15) is 13.2 Å². The van der Waals surface area contributed by atoms with Crippen LogP contribution >= 0.6 is 0 Å². The molecule has 33 heavy (non-hydrogen) atoms. The zero-order chi connectivity index (χ0) is 24.2. The molecule has 1 heterocycles. The van der Waals surface area contributed by atoms with Crippen molar-refractivity contribution >= 4 is 27.6 Å². The molecule has 178 valence electrons. The van der Waals surface area contributed by atoms with Gasteiger partial charge in [-0.15, -0.1) is 0 Å². The first kappa shape index (κ1) is 24.6. The Bertz CT molecular complexity index is 1120. The molecule has 1 N–H and O–H groups in total. The molecule has 0 spiro atoms. The topological polar surface area (TPSA) is 92.8 Å². The summed E-state index contributed by atoms with van der Waals surface area (Å²) >= 11 is 0. The fraction of sp³-hybridized carbons (Fsp3) is 0.364. The Morgan fingerprint density at radius 1 is 1.12 bits per heavy atom. The molecule has 1 atom stereocenters. The van der Waals surface area contributed by atoms with Crippen LogP contribution in [0.4, 0.5) is 18.9 Å². The van der Waals surface area contributed by atoms with Crippen LogP contribution in [0.3, 0.4) is 0 Å². The minimum atomic E-state index is -4.61. The van der Waals surface area contributed by atoms with Crippen molar-refractivity contribution in [3.63, 3.8) is 0 Å². The maximum Gasteiger partial charge on any atom is 0.416 e. The highest BCUT2D eigenvalue weighted by Gasteiger charge is 2.34. The van der Waals surface area contributed by atoms with E-state index in [1.165, 1.54) is 35.2 Å². The third-order valence-electron chi connectivity index (χ3n) is 5.18. The quantitative estimate of drug-likeness (QED) is 0.625. The van der Waals surface area contributed by atoms with Gasteiger partial charge in [0.25, 0.3) is 15.9 Å². The zero-order valence-electron chi connectivity index (χ0n) is 17.8. The number of rotatable bonds is 6.